The van der Waals surface area contributed by atoms with Crippen LogP contribution in [-0.4, -0.2) is 27.4 Å². The fraction of sp³-hybridized carbons (Fsp3) is 0.222. The molecule has 1 aliphatic carbocycles. The minimum atomic E-state index is -1.07. The highest BCUT2D eigenvalue weighted by Crippen LogP contribution is 2.15. The third-order valence-corrected chi connectivity index (χ3v) is 1.97. The number of carbonyl (C=O) groups is 2. The van der Waals surface area contributed by atoms with Crippen LogP contribution < -0.4 is 0 Å². The Morgan fingerprint density at radius 3 is 2.79 bits per heavy atom. The van der Waals surface area contributed by atoms with E-state index in [1.54, 1.807) is 0 Å². The molecule has 0 aromatic heterocycles. The summed E-state index contributed by atoms with van der Waals surface area (Å²) in [6, 6.07) is 0. The Labute approximate surface area is 80.0 Å². The first-order chi connectivity index (χ1) is 6.57. The second kappa shape index (κ2) is 3.81. The Morgan fingerprint density at radius 1 is 1.64 bits per heavy atom. The Morgan fingerprint density at radius 2 is 2.29 bits per heavy atom. The van der Waals surface area contributed by atoms with Gasteiger partial charge in [-0.05, 0) is 13.0 Å². The van der Waals surface area contributed by atoms with Gasteiger partial charge in [-0.1, -0.05) is 12.2 Å². The predicted octanol–water partition coefficient (Wildman–Crippen LogP) is 0.443. The van der Waals surface area contributed by atoms with E-state index in [0.29, 0.717) is 0 Å². The van der Waals surface area contributed by atoms with Crippen molar-refractivity contribution in [3.8, 4) is 0 Å². The molecule has 5 heteroatoms. The summed E-state index contributed by atoms with van der Waals surface area (Å²) in [5.41, 5.74) is 8.57. The molecule has 1 aliphatic rings. The Hall–Kier alpha value is -2.00. The fourth-order valence-corrected chi connectivity index (χ4v) is 1.13. The maximum absolute atomic E-state index is 11.2. The van der Waals surface area contributed by atoms with Gasteiger partial charge < -0.3 is 10.6 Å². The summed E-state index contributed by atoms with van der Waals surface area (Å²) >= 11 is 0. The lowest BCUT2D eigenvalue weighted by Gasteiger charge is -2.07. The van der Waals surface area contributed by atoms with E-state index >= 15 is 0 Å². The van der Waals surface area contributed by atoms with Crippen molar-refractivity contribution < 1.29 is 19.5 Å². The SMILES string of the molecule is CC(C(=O)O)C1=CC=CC(=O)C1=[N+]=[N-]. The summed E-state index contributed by atoms with van der Waals surface area (Å²) in [5, 5.41) is 8.72. The van der Waals surface area contributed by atoms with Crippen LogP contribution in [0.5, 0.6) is 0 Å². The van der Waals surface area contributed by atoms with E-state index in [1.165, 1.54) is 25.2 Å². The van der Waals surface area contributed by atoms with Crippen molar-refractivity contribution in [3.63, 3.8) is 0 Å². The first kappa shape index (κ1) is 10.1. The molecule has 0 amide bonds. The summed E-state index contributed by atoms with van der Waals surface area (Å²) in [6.45, 7) is 1.42. The zero-order valence-electron chi connectivity index (χ0n) is 7.47. The van der Waals surface area contributed by atoms with Gasteiger partial charge in [0.05, 0.1) is 11.5 Å². The molecule has 0 aliphatic heterocycles. The molecule has 14 heavy (non-hydrogen) atoms. The standard InChI is InChI=1S/C9H8N2O3/c1-5(9(13)14)6-3-2-4-7(12)8(6)11-10/h2-5H,1H3,(H,13,14). The zero-order chi connectivity index (χ0) is 10.7. The van der Waals surface area contributed by atoms with Crippen LogP contribution in [0.4, 0.5) is 0 Å². The normalized spacial score (nSPS) is 17.4. The van der Waals surface area contributed by atoms with Gasteiger partial charge in [-0.15, -0.1) is 0 Å². The van der Waals surface area contributed by atoms with Gasteiger partial charge in [0, 0.05) is 0 Å². The van der Waals surface area contributed by atoms with Crippen LogP contribution in [0.3, 0.4) is 0 Å². The van der Waals surface area contributed by atoms with Crippen LogP contribution in [0, 0.1) is 5.92 Å². The van der Waals surface area contributed by atoms with E-state index in [-0.39, 0.29) is 11.3 Å². The molecule has 0 heterocycles. The third kappa shape index (κ3) is 1.67. The Kier molecular flexibility index (Phi) is 2.74. The van der Waals surface area contributed by atoms with Crippen molar-refractivity contribution in [3.05, 3.63) is 29.3 Å². The van der Waals surface area contributed by atoms with Gasteiger partial charge in [-0.3, -0.25) is 9.59 Å². The lowest BCUT2D eigenvalue weighted by atomic mass is 9.91. The zero-order valence-corrected chi connectivity index (χ0v) is 7.47. The van der Waals surface area contributed by atoms with Crippen molar-refractivity contribution in [2.75, 3.05) is 0 Å². The highest BCUT2D eigenvalue weighted by molar-refractivity contribution is 6.48. The van der Waals surface area contributed by atoms with Gasteiger partial charge in [0.25, 0.3) is 5.78 Å². The summed E-state index contributed by atoms with van der Waals surface area (Å²) in [7, 11) is 0. The Balaban J connectivity index is 3.15. The second-order valence-corrected chi connectivity index (χ2v) is 2.85. The molecule has 1 atom stereocenters. The van der Waals surface area contributed by atoms with Gasteiger partial charge in [0.2, 0.25) is 0 Å². The van der Waals surface area contributed by atoms with E-state index in [4.69, 9.17) is 10.6 Å². The molecule has 0 fully saturated rings. The molecule has 0 bridgehead atoms. The molecule has 0 aromatic carbocycles. The Bertz CT molecular complexity index is 400. The third-order valence-electron chi connectivity index (χ3n) is 1.97. The molecular formula is C9H8N2O3. The van der Waals surface area contributed by atoms with Crippen LogP contribution in [0.25, 0.3) is 5.53 Å². The predicted molar refractivity (Wildman–Crippen MR) is 47.7 cm³/mol. The minimum Gasteiger partial charge on any atom is -0.481 e. The molecule has 0 saturated heterocycles. The van der Waals surface area contributed by atoms with Crippen LogP contribution in [0.2, 0.25) is 0 Å². The number of allylic oxidation sites excluding steroid dienone is 3. The molecule has 1 rings (SSSR count). The average Bonchev–Trinajstić information content (AvgIpc) is 2.16. The molecule has 5 nitrogen and oxygen atoms in total. The highest BCUT2D eigenvalue weighted by Gasteiger charge is 2.32. The van der Waals surface area contributed by atoms with Crippen LogP contribution in [0.15, 0.2) is 23.8 Å². The molecule has 1 N–H and O–H groups in total. The number of hydrogen-bond donors (Lipinski definition) is 1. The van der Waals surface area contributed by atoms with Gasteiger partial charge in [0.15, 0.2) is 0 Å². The quantitative estimate of drug-likeness (QED) is 0.391. The van der Waals surface area contributed by atoms with E-state index < -0.39 is 17.7 Å². The first-order valence-electron chi connectivity index (χ1n) is 3.95. The molecule has 0 spiro atoms. The van der Waals surface area contributed by atoms with Crippen LogP contribution >= 0.6 is 0 Å². The summed E-state index contributed by atoms with van der Waals surface area (Å²) < 4.78 is 0. The van der Waals surface area contributed by atoms with Crippen molar-refractivity contribution in [2.24, 2.45) is 5.92 Å². The van der Waals surface area contributed by atoms with Crippen LogP contribution in [-0.2, 0) is 9.59 Å². The smallest absolute Gasteiger partial charge is 0.366 e. The molecule has 72 valence electrons. The van der Waals surface area contributed by atoms with Gasteiger partial charge in [-0.25, -0.2) is 0 Å². The van der Waals surface area contributed by atoms with Gasteiger partial charge >= 0.3 is 11.7 Å². The van der Waals surface area contributed by atoms with Crippen molar-refractivity contribution in [1.29, 1.82) is 0 Å². The van der Waals surface area contributed by atoms with Crippen molar-refractivity contribution in [1.82, 2.24) is 0 Å². The molecule has 1 unspecified atom stereocenters. The average molecular weight is 192 g/mol. The highest BCUT2D eigenvalue weighted by atomic mass is 16.4. The van der Waals surface area contributed by atoms with Crippen molar-refractivity contribution in [2.45, 2.75) is 6.92 Å². The largest absolute Gasteiger partial charge is 0.481 e. The van der Waals surface area contributed by atoms with Crippen molar-refractivity contribution >= 4 is 17.5 Å². The van der Waals surface area contributed by atoms with E-state index in [9.17, 15) is 9.59 Å². The summed E-state index contributed by atoms with van der Waals surface area (Å²) in [5.74, 6) is -2.42. The number of rotatable bonds is 2. The molecule has 0 radical (unpaired) electrons. The van der Waals surface area contributed by atoms with Gasteiger partial charge in [-0.2, -0.15) is 4.79 Å². The van der Waals surface area contributed by atoms with Crippen LogP contribution in [0.1, 0.15) is 6.92 Å². The molecular weight excluding hydrogens is 184 g/mol. The number of ketones is 1. The van der Waals surface area contributed by atoms with E-state index in [2.05, 4.69) is 4.79 Å². The molecule has 0 aromatic rings. The lowest BCUT2D eigenvalue weighted by molar-refractivity contribution is -0.139. The van der Waals surface area contributed by atoms with Gasteiger partial charge in [0.1, 0.15) is 0 Å². The topological polar surface area (TPSA) is 90.8 Å². The number of carboxylic acid groups (broad SMARTS) is 1. The number of carbonyl (C=O) groups excluding carboxylic acids is 1. The summed E-state index contributed by atoms with van der Waals surface area (Å²) in [6.07, 6.45) is 4.11. The molecule has 0 saturated carbocycles. The van der Waals surface area contributed by atoms with E-state index in [0.717, 1.165) is 0 Å². The van der Waals surface area contributed by atoms with E-state index in [1.807, 2.05) is 0 Å². The maximum Gasteiger partial charge on any atom is 0.366 e. The monoisotopic (exact) mass is 192 g/mol. The first-order valence-corrected chi connectivity index (χ1v) is 3.95. The second-order valence-electron chi connectivity index (χ2n) is 2.85. The minimum absolute atomic E-state index is 0.206. The number of aliphatic carboxylic acids is 1. The lowest BCUT2D eigenvalue weighted by Crippen LogP contribution is -2.26. The number of nitrogens with zero attached hydrogens (tertiary/aromatic N) is 2. The fourth-order valence-electron chi connectivity index (χ4n) is 1.13. The summed E-state index contributed by atoms with van der Waals surface area (Å²) in [4.78, 5) is 24.6. The number of hydrogen-bond acceptors (Lipinski definition) is 2. The maximum atomic E-state index is 11.2. The number of carboxylic acids is 1.